The van der Waals surface area contributed by atoms with Gasteiger partial charge in [0.25, 0.3) is 0 Å². The van der Waals surface area contributed by atoms with E-state index in [9.17, 15) is 24.3 Å². The summed E-state index contributed by atoms with van der Waals surface area (Å²) in [6.45, 7) is 17.6. The Kier molecular flexibility index (Phi) is 19.7. The summed E-state index contributed by atoms with van der Waals surface area (Å²) in [5.41, 5.74) is 3.16. The maximum atomic E-state index is 17.7. The number of terminal acetylenes is 1. The van der Waals surface area contributed by atoms with E-state index in [0.717, 1.165) is 53.9 Å². The monoisotopic (exact) mass is 1240 g/mol. The Hall–Kier alpha value is -7.62. The van der Waals surface area contributed by atoms with Crippen LogP contribution in [0.1, 0.15) is 116 Å². The average Bonchev–Trinajstić information content (AvgIpc) is 1.75. The van der Waals surface area contributed by atoms with Crippen LogP contribution in [-0.4, -0.2) is 172 Å². The Morgan fingerprint density at radius 1 is 0.933 bits per heavy atom. The van der Waals surface area contributed by atoms with Crippen molar-refractivity contribution in [2.45, 2.75) is 148 Å². The van der Waals surface area contributed by atoms with Gasteiger partial charge in [-0.15, -0.1) is 17.8 Å². The van der Waals surface area contributed by atoms with E-state index in [1.54, 1.807) is 29.5 Å². The molecule has 4 aliphatic rings. The Labute approximate surface area is 522 Å². The number of hydrogen-bond acceptors (Lipinski definition) is 17. The highest BCUT2D eigenvalue weighted by Gasteiger charge is 2.47. The third-order valence-corrected chi connectivity index (χ3v) is 18.0. The average molecular weight is 1240 g/mol. The van der Waals surface area contributed by atoms with Crippen molar-refractivity contribution in [1.82, 2.24) is 45.3 Å². The van der Waals surface area contributed by atoms with E-state index in [1.165, 1.54) is 24.3 Å². The molecule has 7 atom stereocenters. The zero-order valence-corrected chi connectivity index (χ0v) is 52.9. The molecule has 0 aliphatic carbocycles. The van der Waals surface area contributed by atoms with E-state index in [0.29, 0.717) is 55.0 Å². The number of aromatic nitrogens is 4. The molecule has 3 N–H and O–H groups in total. The van der Waals surface area contributed by atoms with Crippen molar-refractivity contribution in [1.29, 1.82) is 0 Å². The smallest absolute Gasteiger partial charge is 0.410 e. The molecule has 0 spiro atoms. The number of rotatable bonds is 21. The van der Waals surface area contributed by atoms with Gasteiger partial charge in [-0.3, -0.25) is 29.2 Å². The van der Waals surface area contributed by atoms with Gasteiger partial charge < -0.3 is 49.2 Å². The first-order valence-electron chi connectivity index (χ1n) is 30.5. The zero-order chi connectivity index (χ0) is 63.5. The SMILES string of the molecule is C#Cc1c(F)ccc2cc(OCOC)cc(-c3ncc4c(N5CC6CCC(C5)N6C(=O)OC(C)(C)C)nc(OCC5CCCN5CCCOCCC(=O)N[C@H](C(=O)N5C[C@H](O)C[C@H]5C(=O)N[C@@H](C)c5ccc(-c6scnc6C)cc5)C(C)(C)C)nc4c3F)c12. The van der Waals surface area contributed by atoms with Crippen molar-refractivity contribution in [2.24, 2.45) is 5.41 Å². The molecule has 474 valence electrons. The van der Waals surface area contributed by atoms with Crippen LogP contribution < -0.4 is 25.0 Å². The number of benzene rings is 3. The maximum absolute atomic E-state index is 17.7. The fourth-order valence-electron chi connectivity index (χ4n) is 12.6. The predicted octanol–water partition coefficient (Wildman–Crippen LogP) is 9.12. The van der Waals surface area contributed by atoms with Crippen molar-refractivity contribution in [3.05, 3.63) is 88.7 Å². The minimum absolute atomic E-state index is 0.00560. The zero-order valence-electron chi connectivity index (χ0n) is 52.1. The molecule has 3 aromatic heterocycles. The van der Waals surface area contributed by atoms with E-state index in [2.05, 4.69) is 31.4 Å². The summed E-state index contributed by atoms with van der Waals surface area (Å²) in [4.78, 5) is 82.4. The van der Waals surface area contributed by atoms with Crippen LogP contribution in [0.5, 0.6) is 11.8 Å². The number of halogens is 2. The Morgan fingerprint density at radius 2 is 1.69 bits per heavy atom. The number of likely N-dealkylation sites (tertiary alicyclic amines) is 2. The first-order chi connectivity index (χ1) is 42.5. The molecule has 4 aliphatic heterocycles. The van der Waals surface area contributed by atoms with Gasteiger partial charge in [-0.05, 0) is 113 Å². The minimum atomic E-state index is -0.984. The topological polar surface area (TPSA) is 223 Å². The van der Waals surface area contributed by atoms with Crippen LogP contribution in [0.3, 0.4) is 0 Å². The number of nitrogens with one attached hydrogen (secondary N) is 2. The molecule has 3 unspecified atom stereocenters. The van der Waals surface area contributed by atoms with E-state index in [1.807, 2.05) is 95.0 Å². The van der Waals surface area contributed by atoms with Gasteiger partial charge in [-0.2, -0.15) is 9.97 Å². The largest absolute Gasteiger partial charge is 0.468 e. The minimum Gasteiger partial charge on any atom is -0.468 e. The van der Waals surface area contributed by atoms with Gasteiger partial charge in [0.15, 0.2) is 12.6 Å². The highest BCUT2D eigenvalue weighted by atomic mass is 32.1. The van der Waals surface area contributed by atoms with E-state index in [4.69, 9.17) is 40.1 Å². The molecule has 23 heteroatoms. The maximum Gasteiger partial charge on any atom is 0.410 e. The number of carbonyl (C=O) groups excluding carboxylic acids is 4. The summed E-state index contributed by atoms with van der Waals surface area (Å²) in [7, 11) is 1.47. The quantitative estimate of drug-likeness (QED) is 0.0347. The molecule has 89 heavy (non-hydrogen) atoms. The lowest BCUT2D eigenvalue weighted by atomic mass is 9.85. The number of ether oxygens (including phenoxy) is 5. The first kappa shape index (κ1) is 64.4. The highest BCUT2D eigenvalue weighted by molar-refractivity contribution is 7.13. The molecule has 7 heterocycles. The van der Waals surface area contributed by atoms with Gasteiger partial charge >= 0.3 is 12.1 Å². The number of amides is 4. The molecule has 4 fully saturated rings. The Morgan fingerprint density at radius 3 is 2.37 bits per heavy atom. The fraction of sp³-hybridized carbons (Fsp3) is 0.515. The van der Waals surface area contributed by atoms with E-state index >= 15 is 8.78 Å². The normalized spacial score (nSPS) is 20.2. The van der Waals surface area contributed by atoms with Crippen molar-refractivity contribution in [2.75, 3.05) is 71.3 Å². The molecule has 20 nitrogen and oxygen atoms in total. The number of piperazine rings is 1. The summed E-state index contributed by atoms with van der Waals surface area (Å²) in [6.07, 6.45) is 10.0. The molecule has 2 bridgehead atoms. The lowest BCUT2D eigenvalue weighted by Gasteiger charge is -2.42. The Bertz CT molecular complexity index is 3610. The summed E-state index contributed by atoms with van der Waals surface area (Å²) in [5.74, 6) is 0.468. The van der Waals surface area contributed by atoms with Crippen LogP contribution in [0.15, 0.2) is 60.2 Å². The predicted molar refractivity (Wildman–Crippen MR) is 334 cm³/mol. The van der Waals surface area contributed by atoms with Gasteiger partial charge in [0, 0.05) is 75.9 Å². The number of hydrogen-bond donors (Lipinski definition) is 3. The van der Waals surface area contributed by atoms with Gasteiger partial charge in [0.05, 0.1) is 57.9 Å². The fourth-order valence-corrected chi connectivity index (χ4v) is 13.4. The number of nitrogens with zero attached hydrogens (tertiary/aromatic N) is 8. The molecule has 4 saturated heterocycles. The second-order valence-electron chi connectivity index (χ2n) is 25.6. The lowest BCUT2D eigenvalue weighted by molar-refractivity contribution is -0.144. The Balaban J connectivity index is 0.774. The number of aryl methyl sites for hydroxylation is 1. The molecule has 4 amide bonds. The standard InChI is InChI=1S/C66H80F2N10O10S/c1-11-48-51(67)22-19-42-28-47(87-37-84-10)30-49(54(42)48)56-55(68)57-50(31-69-56)60(76-32-43-20-21-44(33-76)78(43)64(83)88-66(7,8)9)74-63(73-57)86-35-45-14-12-24-75(45)25-13-26-85-27-23-53(80)72-59(65(4,5)6)62(82)77-34-46(79)29-52(77)61(81)71-38(2)40-15-17-41(18-16-40)58-39(3)70-36-89-58/h1,15-19,22,28,30-31,36,38,43-46,52,59,79H,12-14,20-21,23-27,29,32-35,37H2,2-10H3,(H,71,81)(H,72,80)/t38-,43?,44?,45?,46+,52-,59+/m0/s1. The van der Waals surface area contributed by atoms with Crippen LogP contribution >= 0.6 is 11.3 Å². The number of aliphatic hydroxyl groups excluding tert-OH is 1. The number of carbonyl (C=O) groups is 4. The second-order valence-corrected chi connectivity index (χ2v) is 26.5. The summed E-state index contributed by atoms with van der Waals surface area (Å²) in [5, 5.41) is 17.8. The van der Waals surface area contributed by atoms with Crippen LogP contribution in [0.4, 0.5) is 19.4 Å². The van der Waals surface area contributed by atoms with Gasteiger partial charge in [-0.1, -0.05) is 57.0 Å². The van der Waals surface area contributed by atoms with Crippen LogP contribution in [0, 0.1) is 36.3 Å². The molecule has 3 aromatic carbocycles. The van der Waals surface area contributed by atoms with E-state index < -0.39 is 46.7 Å². The summed E-state index contributed by atoms with van der Waals surface area (Å²) < 4.78 is 62.3. The number of fused-ring (bicyclic) bond motifs is 4. The lowest BCUT2D eigenvalue weighted by Crippen LogP contribution is -2.58. The number of aliphatic hydroxyl groups is 1. The first-order valence-corrected chi connectivity index (χ1v) is 31.4. The van der Waals surface area contributed by atoms with Crippen molar-refractivity contribution < 1.29 is 56.7 Å². The van der Waals surface area contributed by atoms with Crippen LogP contribution in [-0.2, 0) is 28.6 Å². The third kappa shape index (κ3) is 14.5. The number of anilines is 1. The summed E-state index contributed by atoms with van der Waals surface area (Å²) >= 11 is 1.56. The van der Waals surface area contributed by atoms with Gasteiger partial charge in [0.2, 0.25) is 17.7 Å². The van der Waals surface area contributed by atoms with Crippen molar-refractivity contribution >= 4 is 62.6 Å². The highest BCUT2D eigenvalue weighted by Crippen LogP contribution is 2.41. The van der Waals surface area contributed by atoms with Crippen molar-refractivity contribution in [3.63, 3.8) is 0 Å². The summed E-state index contributed by atoms with van der Waals surface area (Å²) in [6, 6.07) is 11.1. The number of methoxy groups -OCH3 is 1. The molecule has 0 radical (unpaired) electrons. The number of β-amino-alcohol motifs (C(OH)–C–C–N with tert-alkyl or cyclic N) is 1. The van der Waals surface area contributed by atoms with Crippen molar-refractivity contribution in [3.8, 4) is 45.8 Å². The van der Waals surface area contributed by atoms with Gasteiger partial charge in [0.1, 0.15) is 52.9 Å². The molecule has 6 aromatic rings. The molecular weight excluding hydrogens is 1160 g/mol. The molecule has 10 rings (SSSR count). The van der Waals surface area contributed by atoms with E-state index in [-0.39, 0.29) is 115 Å². The van der Waals surface area contributed by atoms with Crippen LogP contribution in [0.25, 0.3) is 43.4 Å². The molecule has 0 saturated carbocycles. The van der Waals surface area contributed by atoms with Crippen LogP contribution in [0.2, 0.25) is 0 Å². The number of thiazole rings is 1. The van der Waals surface area contributed by atoms with Gasteiger partial charge in [-0.25, -0.2) is 18.6 Å². The second kappa shape index (κ2) is 27.2. The third-order valence-electron chi connectivity index (χ3n) is 17.0. The molecular formula is C66H80F2N10O10S. The number of pyridine rings is 1.